The largest absolute Gasteiger partial charge is 0.337 e. The molecule has 1 aromatic heterocycles. The molecule has 1 aliphatic heterocycles. The first kappa shape index (κ1) is 13.9. The second-order valence-corrected chi connectivity index (χ2v) is 6.72. The fourth-order valence-corrected chi connectivity index (χ4v) is 3.22. The lowest BCUT2D eigenvalue weighted by molar-refractivity contribution is -0.128. The lowest BCUT2D eigenvalue weighted by atomic mass is 10.1. The molecular weight excluding hydrogens is 295 g/mol. The van der Waals surface area contributed by atoms with Gasteiger partial charge in [-0.1, -0.05) is 12.1 Å². The molecule has 1 aromatic carbocycles. The van der Waals surface area contributed by atoms with E-state index < -0.39 is 15.5 Å². The Morgan fingerprint density at radius 2 is 2.14 bits per heavy atom. The Labute approximate surface area is 121 Å². The summed E-state index contributed by atoms with van der Waals surface area (Å²) in [6.45, 7) is 0.179. The van der Waals surface area contributed by atoms with E-state index in [4.69, 9.17) is 0 Å². The average molecular weight is 308 g/mol. The summed E-state index contributed by atoms with van der Waals surface area (Å²) >= 11 is 0. The molecule has 0 N–H and O–H groups in total. The average Bonchev–Trinajstić information content (AvgIpc) is 2.80. The van der Waals surface area contributed by atoms with E-state index in [1.807, 2.05) is 30.3 Å². The Balaban J connectivity index is 1.81. The van der Waals surface area contributed by atoms with Gasteiger partial charge in [-0.05, 0) is 23.8 Å². The third kappa shape index (κ3) is 2.87. The number of benzene rings is 1. The number of hydrogen-bond acceptors (Lipinski definition) is 4. The Hall–Kier alpha value is -2.02. The van der Waals surface area contributed by atoms with Crippen molar-refractivity contribution in [1.29, 1.82) is 0 Å². The van der Waals surface area contributed by atoms with Gasteiger partial charge in [0.05, 0.1) is 5.52 Å². The summed E-state index contributed by atoms with van der Waals surface area (Å²) in [5, 5.41) is -0.302. The second-order valence-electron chi connectivity index (χ2n) is 5.11. The molecule has 2 heterocycles. The Morgan fingerprint density at radius 3 is 2.86 bits per heavy atom. The fraction of sp³-hybridized carbons (Fsp3) is 0.286. The quantitative estimate of drug-likeness (QED) is 0.808. The molecule has 3 rings (SSSR count). The molecule has 5 nitrogen and oxygen atoms in total. The number of halogens is 1. The first-order valence-electron chi connectivity index (χ1n) is 6.48. The van der Waals surface area contributed by atoms with E-state index in [9.17, 15) is 17.1 Å². The summed E-state index contributed by atoms with van der Waals surface area (Å²) in [6, 6.07) is 9.30. The third-order valence-electron chi connectivity index (χ3n) is 3.62. The summed E-state index contributed by atoms with van der Waals surface area (Å²) in [5.41, 5.74) is 1.71. The number of likely N-dealkylation sites (tertiary alicyclic amines) is 1. The Kier molecular flexibility index (Phi) is 3.36. The lowest BCUT2D eigenvalue weighted by Crippen LogP contribution is -2.26. The molecule has 1 fully saturated rings. The van der Waals surface area contributed by atoms with Gasteiger partial charge in [-0.2, -0.15) is 8.42 Å². The van der Waals surface area contributed by atoms with Gasteiger partial charge in [-0.3, -0.25) is 9.78 Å². The number of carbonyl (C=O) groups excluding carboxylic acids is 1. The van der Waals surface area contributed by atoms with E-state index in [0.29, 0.717) is 0 Å². The van der Waals surface area contributed by atoms with Crippen molar-refractivity contribution < 1.29 is 17.1 Å². The molecular formula is C14H13FN2O3S. The van der Waals surface area contributed by atoms with E-state index in [1.165, 1.54) is 4.90 Å². The summed E-state index contributed by atoms with van der Waals surface area (Å²) in [5.74, 6) is -0.340. The van der Waals surface area contributed by atoms with Crippen molar-refractivity contribution >= 4 is 27.0 Å². The number of amides is 1. The van der Waals surface area contributed by atoms with Crippen molar-refractivity contribution in [3.05, 3.63) is 42.1 Å². The van der Waals surface area contributed by atoms with Gasteiger partial charge in [-0.15, -0.1) is 3.89 Å². The van der Waals surface area contributed by atoms with E-state index in [-0.39, 0.29) is 25.4 Å². The van der Waals surface area contributed by atoms with Crippen LogP contribution in [0.2, 0.25) is 0 Å². The van der Waals surface area contributed by atoms with E-state index >= 15 is 0 Å². The molecule has 2 aromatic rings. The van der Waals surface area contributed by atoms with Crippen molar-refractivity contribution in [3.8, 4) is 0 Å². The van der Waals surface area contributed by atoms with Crippen LogP contribution in [0.3, 0.4) is 0 Å². The van der Waals surface area contributed by atoms with Gasteiger partial charge < -0.3 is 4.90 Å². The Morgan fingerprint density at radius 1 is 1.33 bits per heavy atom. The fourth-order valence-electron chi connectivity index (χ4n) is 2.52. The molecule has 0 aliphatic carbocycles. The van der Waals surface area contributed by atoms with Crippen LogP contribution in [0.1, 0.15) is 12.0 Å². The molecule has 21 heavy (non-hydrogen) atoms. The summed E-state index contributed by atoms with van der Waals surface area (Å²) in [4.78, 5) is 17.4. The predicted octanol–water partition coefficient (Wildman–Crippen LogP) is 1.64. The van der Waals surface area contributed by atoms with Crippen molar-refractivity contribution in [1.82, 2.24) is 9.88 Å². The molecule has 0 spiro atoms. The number of pyridine rings is 1. The zero-order valence-corrected chi connectivity index (χ0v) is 11.9. The minimum Gasteiger partial charge on any atom is -0.337 e. The molecule has 0 radical (unpaired) electrons. The minimum absolute atomic E-state index is 0.0945. The van der Waals surface area contributed by atoms with Gasteiger partial charge in [0.1, 0.15) is 5.25 Å². The number of hydrogen-bond donors (Lipinski definition) is 0. The first-order chi connectivity index (χ1) is 9.93. The van der Waals surface area contributed by atoms with Gasteiger partial charge in [0.2, 0.25) is 5.91 Å². The maximum atomic E-state index is 13.0. The van der Waals surface area contributed by atoms with Crippen molar-refractivity contribution in [2.75, 3.05) is 6.54 Å². The number of fused-ring (bicyclic) bond motifs is 1. The van der Waals surface area contributed by atoms with Crippen LogP contribution in [0.4, 0.5) is 3.89 Å². The van der Waals surface area contributed by atoms with Crippen LogP contribution in [0.15, 0.2) is 36.5 Å². The van der Waals surface area contributed by atoms with Crippen LogP contribution < -0.4 is 0 Å². The normalized spacial score (nSPS) is 19.4. The summed E-state index contributed by atoms with van der Waals surface area (Å²) < 4.78 is 34.8. The highest BCUT2D eigenvalue weighted by molar-refractivity contribution is 7.87. The highest BCUT2D eigenvalue weighted by atomic mass is 32.3. The van der Waals surface area contributed by atoms with Gasteiger partial charge in [0.25, 0.3) is 0 Å². The maximum Gasteiger partial charge on any atom is 0.307 e. The number of aromatic nitrogens is 1. The molecule has 1 amide bonds. The minimum atomic E-state index is -4.67. The molecule has 7 heteroatoms. The Bertz CT molecular complexity index is 807. The van der Waals surface area contributed by atoms with Crippen molar-refractivity contribution in [3.63, 3.8) is 0 Å². The smallest absolute Gasteiger partial charge is 0.307 e. The molecule has 0 bridgehead atoms. The molecule has 1 saturated heterocycles. The summed E-state index contributed by atoms with van der Waals surface area (Å²) in [7, 11) is -4.67. The first-order valence-corrected chi connectivity index (χ1v) is 7.93. The van der Waals surface area contributed by atoms with E-state index in [2.05, 4.69) is 4.98 Å². The van der Waals surface area contributed by atoms with Crippen molar-refractivity contribution in [2.45, 2.75) is 18.2 Å². The topological polar surface area (TPSA) is 67.3 Å². The van der Waals surface area contributed by atoms with E-state index in [1.54, 1.807) is 6.20 Å². The van der Waals surface area contributed by atoms with Crippen LogP contribution in [-0.4, -0.2) is 36.0 Å². The zero-order valence-electron chi connectivity index (χ0n) is 11.1. The van der Waals surface area contributed by atoms with Gasteiger partial charge in [0.15, 0.2) is 0 Å². The van der Waals surface area contributed by atoms with Crippen LogP contribution in [0, 0.1) is 0 Å². The number of nitrogens with zero attached hydrogens (tertiary/aromatic N) is 2. The number of rotatable bonds is 3. The summed E-state index contributed by atoms with van der Waals surface area (Å²) in [6.07, 6.45) is 1.41. The second kappa shape index (κ2) is 5.07. The SMILES string of the molecule is O=C1CC(S(=O)(=O)F)CN1Cc1ccc2ncccc2c1. The highest BCUT2D eigenvalue weighted by Crippen LogP contribution is 2.22. The molecule has 1 aliphatic rings. The predicted molar refractivity (Wildman–Crippen MR) is 75.6 cm³/mol. The lowest BCUT2D eigenvalue weighted by Gasteiger charge is -2.16. The van der Waals surface area contributed by atoms with E-state index in [0.717, 1.165) is 16.5 Å². The van der Waals surface area contributed by atoms with Crippen molar-refractivity contribution in [2.24, 2.45) is 0 Å². The van der Waals surface area contributed by atoms with Crippen LogP contribution >= 0.6 is 0 Å². The molecule has 1 atom stereocenters. The monoisotopic (exact) mass is 308 g/mol. The third-order valence-corrected chi connectivity index (χ3v) is 4.73. The maximum absolute atomic E-state index is 13.0. The van der Waals surface area contributed by atoms with Gasteiger partial charge >= 0.3 is 10.2 Å². The van der Waals surface area contributed by atoms with Gasteiger partial charge in [0, 0.05) is 31.1 Å². The van der Waals surface area contributed by atoms with Gasteiger partial charge in [-0.25, -0.2) is 0 Å². The zero-order chi connectivity index (χ0) is 15.0. The van der Waals surface area contributed by atoms with Crippen LogP contribution in [0.5, 0.6) is 0 Å². The molecule has 1 unspecified atom stereocenters. The standard InChI is InChI=1S/C14H13FN2O3S/c15-21(19,20)12-7-14(18)17(9-12)8-10-3-4-13-11(6-10)2-1-5-16-13/h1-6,12H,7-9H2. The molecule has 0 saturated carbocycles. The molecule has 110 valence electrons. The van der Waals surface area contributed by atoms with Crippen LogP contribution in [0.25, 0.3) is 10.9 Å². The highest BCUT2D eigenvalue weighted by Gasteiger charge is 2.38. The number of carbonyl (C=O) groups is 1. The van der Waals surface area contributed by atoms with Crippen LogP contribution in [-0.2, 0) is 21.6 Å².